The molecule has 2 amide bonds. The van der Waals surface area contributed by atoms with Crippen molar-refractivity contribution in [3.8, 4) is 0 Å². The van der Waals surface area contributed by atoms with Gasteiger partial charge in [-0.15, -0.1) is 10.2 Å². The summed E-state index contributed by atoms with van der Waals surface area (Å²) in [6, 6.07) is 4.36. The third-order valence-electron chi connectivity index (χ3n) is 4.05. The van der Waals surface area contributed by atoms with Crippen LogP contribution in [0.4, 0.5) is 20.7 Å². The van der Waals surface area contributed by atoms with Gasteiger partial charge < -0.3 is 10.6 Å². The predicted octanol–water partition coefficient (Wildman–Crippen LogP) is 3.41. The lowest BCUT2D eigenvalue weighted by atomic mass is 9.92. The molecule has 0 aliphatic heterocycles. The van der Waals surface area contributed by atoms with Crippen LogP contribution in [0.5, 0.6) is 0 Å². The number of carbonyl (C=O) groups excluding carboxylic acids is 1. The molecule has 0 atom stereocenters. The first-order valence-corrected chi connectivity index (χ1v) is 10.2. The Kier molecular flexibility index (Phi) is 6.55. The molecule has 0 aliphatic rings. The Morgan fingerprint density at radius 1 is 1.04 bits per heavy atom. The highest BCUT2D eigenvalue weighted by Gasteiger charge is 2.23. The number of rotatable bonds is 6. The Labute approximate surface area is 164 Å². The van der Waals surface area contributed by atoms with Crippen molar-refractivity contribution in [2.75, 3.05) is 17.7 Å². The van der Waals surface area contributed by atoms with Gasteiger partial charge in [-0.3, -0.25) is 0 Å². The van der Waals surface area contributed by atoms with E-state index in [1.807, 2.05) is 32.4 Å². The number of sulfonamides is 1. The van der Waals surface area contributed by atoms with Crippen molar-refractivity contribution in [1.29, 1.82) is 0 Å². The number of benzene rings is 1. The van der Waals surface area contributed by atoms with Crippen LogP contribution in [0.1, 0.15) is 50.7 Å². The summed E-state index contributed by atoms with van der Waals surface area (Å²) in [5.41, 5.74) is 1.56. The number of anilines is 2. The lowest BCUT2D eigenvalue weighted by molar-refractivity contribution is 0.256. The van der Waals surface area contributed by atoms with Crippen molar-refractivity contribution >= 4 is 27.6 Å². The molecule has 0 aliphatic carbocycles. The maximum absolute atomic E-state index is 14.0. The molecular weight excluding hydrogens is 385 g/mol. The number of hydrogen-bond donors (Lipinski definition) is 3. The molecule has 0 unspecified atom stereocenters. The Hall–Kier alpha value is -2.75. The van der Waals surface area contributed by atoms with Gasteiger partial charge >= 0.3 is 6.03 Å². The monoisotopic (exact) mass is 409 g/mol. The number of urea groups is 1. The topological polar surface area (TPSA) is 113 Å². The SMILES string of the molecule is CNc1ccc(S(=O)(=O)NC(=O)Nc2c(C(C)C)cc(F)cc2C(C)C)nn1. The first-order valence-electron chi connectivity index (χ1n) is 8.73. The van der Waals surface area contributed by atoms with Gasteiger partial charge in [-0.05, 0) is 47.2 Å². The molecule has 0 radical (unpaired) electrons. The maximum atomic E-state index is 14.0. The lowest BCUT2D eigenvalue weighted by Crippen LogP contribution is -2.35. The summed E-state index contributed by atoms with van der Waals surface area (Å²) >= 11 is 0. The summed E-state index contributed by atoms with van der Waals surface area (Å²) in [4.78, 5) is 12.4. The van der Waals surface area contributed by atoms with Crippen molar-refractivity contribution in [1.82, 2.24) is 14.9 Å². The molecule has 2 rings (SSSR count). The second-order valence-electron chi connectivity index (χ2n) is 6.84. The molecular formula is C18H24FN5O3S. The number of halogens is 1. The molecule has 1 heterocycles. The Bertz CT molecular complexity index is 931. The van der Waals surface area contributed by atoms with E-state index in [2.05, 4.69) is 20.8 Å². The van der Waals surface area contributed by atoms with E-state index in [9.17, 15) is 17.6 Å². The van der Waals surface area contributed by atoms with E-state index >= 15 is 0 Å². The Morgan fingerprint density at radius 3 is 2.04 bits per heavy atom. The summed E-state index contributed by atoms with van der Waals surface area (Å²) in [7, 11) is -2.60. The Balaban J connectivity index is 2.31. The van der Waals surface area contributed by atoms with Crippen molar-refractivity contribution in [3.63, 3.8) is 0 Å². The number of amides is 2. The number of nitrogens with one attached hydrogen (secondary N) is 3. The third kappa shape index (κ3) is 4.94. The first kappa shape index (κ1) is 21.5. The number of aromatic nitrogens is 2. The van der Waals surface area contributed by atoms with E-state index in [1.54, 1.807) is 7.05 Å². The summed E-state index contributed by atoms with van der Waals surface area (Å²) in [5.74, 6) is -0.191. The van der Waals surface area contributed by atoms with E-state index in [1.165, 1.54) is 24.3 Å². The highest BCUT2D eigenvalue weighted by Crippen LogP contribution is 2.33. The van der Waals surface area contributed by atoms with Crippen LogP contribution < -0.4 is 15.4 Å². The van der Waals surface area contributed by atoms with Crippen LogP contribution >= 0.6 is 0 Å². The number of nitrogens with zero attached hydrogens (tertiary/aromatic N) is 2. The van der Waals surface area contributed by atoms with Gasteiger partial charge in [0, 0.05) is 12.7 Å². The first-order chi connectivity index (χ1) is 13.0. The van der Waals surface area contributed by atoms with E-state index in [4.69, 9.17) is 0 Å². The quantitative estimate of drug-likeness (QED) is 0.674. The second-order valence-corrected chi connectivity index (χ2v) is 8.46. The van der Waals surface area contributed by atoms with Gasteiger partial charge in [0.15, 0.2) is 5.03 Å². The maximum Gasteiger partial charge on any atom is 0.333 e. The van der Waals surface area contributed by atoms with Crippen molar-refractivity contribution in [2.24, 2.45) is 0 Å². The van der Waals surface area contributed by atoms with Gasteiger partial charge in [0.25, 0.3) is 10.0 Å². The average Bonchev–Trinajstić information content (AvgIpc) is 2.62. The van der Waals surface area contributed by atoms with E-state index in [0.29, 0.717) is 22.6 Å². The molecule has 2 aromatic rings. The molecule has 1 aromatic carbocycles. The molecule has 8 nitrogen and oxygen atoms in total. The molecule has 0 spiro atoms. The van der Waals surface area contributed by atoms with Crippen LogP contribution in [0.2, 0.25) is 0 Å². The van der Waals surface area contributed by atoms with Gasteiger partial charge in [0.05, 0.1) is 0 Å². The molecule has 0 fully saturated rings. The summed E-state index contributed by atoms with van der Waals surface area (Å²) in [6.07, 6.45) is 0. The van der Waals surface area contributed by atoms with Gasteiger partial charge in [-0.2, -0.15) is 8.42 Å². The fraction of sp³-hybridized carbons (Fsp3) is 0.389. The zero-order valence-electron chi connectivity index (χ0n) is 16.4. The van der Waals surface area contributed by atoms with Crippen LogP contribution in [0.25, 0.3) is 0 Å². The van der Waals surface area contributed by atoms with Crippen molar-refractivity contribution in [3.05, 3.63) is 41.2 Å². The molecule has 152 valence electrons. The zero-order valence-corrected chi connectivity index (χ0v) is 17.2. The summed E-state index contributed by atoms with van der Waals surface area (Å²) in [5, 5.41) is 12.2. The van der Waals surface area contributed by atoms with Gasteiger partial charge in [0.1, 0.15) is 11.6 Å². The molecule has 0 saturated heterocycles. The van der Waals surface area contributed by atoms with E-state index in [-0.39, 0.29) is 11.8 Å². The normalized spacial score (nSPS) is 11.6. The molecule has 0 saturated carbocycles. The summed E-state index contributed by atoms with van der Waals surface area (Å²) < 4.78 is 40.6. The van der Waals surface area contributed by atoms with Crippen LogP contribution in [0, 0.1) is 5.82 Å². The van der Waals surface area contributed by atoms with Crippen LogP contribution in [-0.4, -0.2) is 31.7 Å². The highest BCUT2D eigenvalue weighted by atomic mass is 32.2. The largest absolute Gasteiger partial charge is 0.372 e. The second kappa shape index (κ2) is 8.51. The van der Waals surface area contributed by atoms with Gasteiger partial charge in [-0.1, -0.05) is 27.7 Å². The van der Waals surface area contributed by atoms with Crippen LogP contribution in [0.15, 0.2) is 29.3 Å². The van der Waals surface area contributed by atoms with Crippen molar-refractivity contribution < 1.29 is 17.6 Å². The van der Waals surface area contributed by atoms with Crippen molar-refractivity contribution in [2.45, 2.75) is 44.6 Å². The highest BCUT2D eigenvalue weighted by molar-refractivity contribution is 7.90. The minimum atomic E-state index is -4.22. The zero-order chi connectivity index (χ0) is 21.1. The van der Waals surface area contributed by atoms with Gasteiger partial charge in [0.2, 0.25) is 0 Å². The third-order valence-corrected chi connectivity index (χ3v) is 5.27. The standard InChI is InChI=1S/C18H24FN5O3S/c1-10(2)13-8-12(19)9-14(11(3)4)17(13)21-18(25)24-28(26,27)16-7-6-15(20-5)22-23-16/h6-11H,1-5H3,(H,20,22)(H2,21,24,25). The number of carbonyl (C=O) groups is 1. The molecule has 0 bridgehead atoms. The fourth-order valence-corrected chi connectivity index (χ4v) is 3.41. The average molecular weight is 409 g/mol. The van der Waals surface area contributed by atoms with Crippen LogP contribution in [0.3, 0.4) is 0 Å². The minimum absolute atomic E-state index is 0.0833. The predicted molar refractivity (Wildman–Crippen MR) is 105 cm³/mol. The van der Waals surface area contributed by atoms with E-state index < -0.39 is 26.9 Å². The molecule has 10 heteroatoms. The lowest BCUT2D eigenvalue weighted by Gasteiger charge is -2.20. The molecule has 1 aromatic heterocycles. The van der Waals surface area contributed by atoms with Crippen LogP contribution in [-0.2, 0) is 10.0 Å². The molecule has 3 N–H and O–H groups in total. The Morgan fingerprint density at radius 2 is 1.61 bits per heavy atom. The smallest absolute Gasteiger partial charge is 0.333 e. The van der Waals surface area contributed by atoms with E-state index in [0.717, 1.165) is 0 Å². The number of hydrogen-bond acceptors (Lipinski definition) is 6. The van der Waals surface area contributed by atoms with Gasteiger partial charge in [-0.25, -0.2) is 13.9 Å². The summed E-state index contributed by atoms with van der Waals surface area (Å²) in [6.45, 7) is 7.43. The fourth-order valence-electron chi connectivity index (χ4n) is 2.61. The minimum Gasteiger partial charge on any atom is -0.372 e. The molecule has 28 heavy (non-hydrogen) atoms.